The molecule has 2 aromatic rings. The molecular formula is C22H18Br2. The standard InChI is InChI=1S/C22H18Br2/c23-14-3-5-16-17-6-4-15(24)9-21(17)22(20(16)8-14)10-18-12-1-2-13(7-12)19(18)11-22/h1-6,8-9,12-13,18-19H,7,10-11H2. The molecule has 0 aromatic heterocycles. The van der Waals surface area contributed by atoms with Crippen molar-refractivity contribution >= 4 is 31.9 Å². The van der Waals surface area contributed by atoms with E-state index in [2.05, 4.69) is 80.4 Å². The normalized spacial score (nSPS) is 33.1. The molecule has 0 amide bonds. The van der Waals surface area contributed by atoms with E-state index in [1.807, 2.05) is 0 Å². The van der Waals surface area contributed by atoms with Crippen LogP contribution in [0.25, 0.3) is 11.1 Å². The van der Waals surface area contributed by atoms with Crippen molar-refractivity contribution in [3.63, 3.8) is 0 Å². The summed E-state index contributed by atoms with van der Waals surface area (Å²) in [6, 6.07) is 13.8. The second-order valence-electron chi connectivity index (χ2n) is 8.15. The number of allylic oxidation sites excluding steroid dienone is 2. The Kier molecular flexibility index (Phi) is 2.77. The number of fused-ring (bicyclic) bond motifs is 10. The van der Waals surface area contributed by atoms with E-state index < -0.39 is 0 Å². The van der Waals surface area contributed by atoms with E-state index in [1.165, 1.54) is 39.3 Å². The Morgan fingerprint density at radius 2 is 1.25 bits per heavy atom. The molecule has 0 nitrogen and oxygen atoms in total. The van der Waals surface area contributed by atoms with Crippen molar-refractivity contribution in [1.29, 1.82) is 0 Å². The monoisotopic (exact) mass is 440 g/mol. The second kappa shape index (κ2) is 4.65. The molecule has 6 rings (SSSR count). The number of rotatable bonds is 0. The molecule has 4 aliphatic carbocycles. The van der Waals surface area contributed by atoms with Gasteiger partial charge < -0.3 is 0 Å². The zero-order valence-corrected chi connectivity index (χ0v) is 16.5. The van der Waals surface area contributed by atoms with E-state index >= 15 is 0 Å². The Morgan fingerprint density at radius 3 is 1.75 bits per heavy atom. The predicted molar refractivity (Wildman–Crippen MR) is 105 cm³/mol. The highest BCUT2D eigenvalue weighted by Gasteiger charge is 2.58. The van der Waals surface area contributed by atoms with Gasteiger partial charge in [-0.2, -0.15) is 0 Å². The Morgan fingerprint density at radius 1 is 0.750 bits per heavy atom. The first-order valence-corrected chi connectivity index (χ1v) is 10.5. The topological polar surface area (TPSA) is 0 Å². The summed E-state index contributed by atoms with van der Waals surface area (Å²) in [6.07, 6.45) is 9.11. The number of benzene rings is 2. The number of halogens is 2. The van der Waals surface area contributed by atoms with Gasteiger partial charge in [0.1, 0.15) is 0 Å². The Labute approximate surface area is 159 Å². The minimum Gasteiger partial charge on any atom is -0.0848 e. The number of hydrogen-bond donors (Lipinski definition) is 0. The van der Waals surface area contributed by atoms with Crippen LogP contribution in [0.3, 0.4) is 0 Å². The summed E-state index contributed by atoms with van der Waals surface area (Å²) >= 11 is 7.46. The maximum absolute atomic E-state index is 3.73. The highest BCUT2D eigenvalue weighted by molar-refractivity contribution is 9.10. The summed E-state index contributed by atoms with van der Waals surface area (Å²) < 4.78 is 2.43. The van der Waals surface area contributed by atoms with E-state index in [4.69, 9.17) is 0 Å². The molecule has 0 heterocycles. The van der Waals surface area contributed by atoms with Crippen LogP contribution < -0.4 is 0 Å². The molecule has 0 aliphatic heterocycles. The van der Waals surface area contributed by atoms with Crippen LogP contribution in [0, 0.1) is 23.7 Å². The van der Waals surface area contributed by atoms with E-state index in [-0.39, 0.29) is 5.41 Å². The zero-order chi connectivity index (χ0) is 16.1. The quantitative estimate of drug-likeness (QED) is 0.398. The minimum atomic E-state index is 0.233. The summed E-state index contributed by atoms with van der Waals surface area (Å²) in [4.78, 5) is 0. The van der Waals surface area contributed by atoms with Gasteiger partial charge in [-0.05, 0) is 89.5 Å². The van der Waals surface area contributed by atoms with Crippen molar-refractivity contribution in [2.45, 2.75) is 24.7 Å². The third kappa shape index (κ3) is 1.65. The largest absolute Gasteiger partial charge is 0.0848 e. The van der Waals surface area contributed by atoms with Gasteiger partial charge >= 0.3 is 0 Å². The Balaban J connectivity index is 1.60. The summed E-state index contributed by atoms with van der Waals surface area (Å²) in [6.45, 7) is 0. The van der Waals surface area contributed by atoms with Crippen LogP contribution in [0.15, 0.2) is 57.5 Å². The average molecular weight is 442 g/mol. The van der Waals surface area contributed by atoms with Gasteiger partial charge in [0.2, 0.25) is 0 Å². The molecule has 4 atom stereocenters. The summed E-state index contributed by atoms with van der Waals surface area (Å²) in [5, 5.41) is 0. The molecule has 4 unspecified atom stereocenters. The fraction of sp³-hybridized carbons (Fsp3) is 0.364. The molecule has 2 fully saturated rings. The Hall–Kier alpha value is -0.860. The highest BCUT2D eigenvalue weighted by atomic mass is 79.9. The van der Waals surface area contributed by atoms with Crippen LogP contribution in [0.2, 0.25) is 0 Å². The van der Waals surface area contributed by atoms with Crippen LogP contribution in [0.1, 0.15) is 30.4 Å². The molecule has 4 aliphatic rings. The lowest BCUT2D eigenvalue weighted by Crippen LogP contribution is -2.23. The Bertz CT molecular complexity index is 837. The van der Waals surface area contributed by atoms with E-state index in [0.29, 0.717) is 0 Å². The maximum Gasteiger partial charge on any atom is 0.0221 e. The molecule has 1 spiro atoms. The zero-order valence-electron chi connectivity index (χ0n) is 13.3. The van der Waals surface area contributed by atoms with E-state index in [1.54, 1.807) is 11.1 Å². The van der Waals surface area contributed by atoms with Crippen LogP contribution in [0.5, 0.6) is 0 Å². The molecule has 0 N–H and O–H groups in total. The lowest BCUT2D eigenvalue weighted by Gasteiger charge is -2.29. The van der Waals surface area contributed by atoms with Crippen molar-refractivity contribution in [3.05, 3.63) is 68.6 Å². The predicted octanol–water partition coefficient (Wildman–Crippen LogP) is 6.71. The molecule has 120 valence electrons. The first-order valence-electron chi connectivity index (χ1n) is 8.94. The van der Waals surface area contributed by atoms with Crippen molar-refractivity contribution in [1.82, 2.24) is 0 Å². The van der Waals surface area contributed by atoms with Crippen LogP contribution in [-0.2, 0) is 5.41 Å². The lowest BCUT2D eigenvalue weighted by molar-refractivity contribution is 0.364. The van der Waals surface area contributed by atoms with Crippen molar-refractivity contribution in [2.75, 3.05) is 0 Å². The molecule has 24 heavy (non-hydrogen) atoms. The molecule has 0 saturated heterocycles. The fourth-order valence-electron chi connectivity index (χ4n) is 6.40. The SMILES string of the molecule is Brc1ccc2c(c1)C1(CC3C4C=CC(C4)C3C1)c1cc(Br)ccc1-2. The first kappa shape index (κ1) is 14.3. The highest BCUT2D eigenvalue weighted by Crippen LogP contribution is 2.67. The van der Waals surface area contributed by atoms with Crippen LogP contribution in [0.4, 0.5) is 0 Å². The number of hydrogen-bond acceptors (Lipinski definition) is 0. The summed E-state index contributed by atoms with van der Waals surface area (Å²) in [7, 11) is 0. The average Bonchev–Trinajstić information content (AvgIpc) is 3.30. The molecule has 0 radical (unpaired) electrons. The smallest absolute Gasteiger partial charge is 0.0221 e. The third-order valence-corrected chi connectivity index (χ3v) is 8.24. The van der Waals surface area contributed by atoms with Gasteiger partial charge in [0, 0.05) is 14.4 Å². The van der Waals surface area contributed by atoms with Crippen LogP contribution in [-0.4, -0.2) is 0 Å². The van der Waals surface area contributed by atoms with E-state index in [9.17, 15) is 0 Å². The van der Waals surface area contributed by atoms with Gasteiger partial charge in [0.05, 0.1) is 0 Å². The lowest BCUT2D eigenvalue weighted by atomic mass is 9.74. The fourth-order valence-corrected chi connectivity index (χ4v) is 7.12. The third-order valence-electron chi connectivity index (χ3n) is 7.25. The summed E-state index contributed by atoms with van der Waals surface area (Å²) in [5.74, 6) is 3.45. The molecule has 2 heteroatoms. The van der Waals surface area contributed by atoms with Gasteiger partial charge in [-0.1, -0.05) is 56.1 Å². The second-order valence-corrected chi connectivity index (χ2v) is 9.98. The summed E-state index contributed by atoms with van der Waals surface area (Å²) in [5.41, 5.74) is 6.29. The van der Waals surface area contributed by atoms with Gasteiger partial charge in [0.25, 0.3) is 0 Å². The van der Waals surface area contributed by atoms with Gasteiger partial charge in [-0.25, -0.2) is 0 Å². The van der Waals surface area contributed by atoms with Crippen molar-refractivity contribution in [2.24, 2.45) is 23.7 Å². The van der Waals surface area contributed by atoms with Gasteiger partial charge in [-0.15, -0.1) is 0 Å². The van der Waals surface area contributed by atoms with Crippen LogP contribution >= 0.6 is 31.9 Å². The van der Waals surface area contributed by atoms with Crippen molar-refractivity contribution < 1.29 is 0 Å². The molecule has 2 saturated carbocycles. The van der Waals surface area contributed by atoms with E-state index in [0.717, 1.165) is 23.7 Å². The molecular weight excluding hydrogens is 424 g/mol. The minimum absolute atomic E-state index is 0.233. The first-order chi connectivity index (χ1) is 11.7. The van der Waals surface area contributed by atoms with Gasteiger partial charge in [0.15, 0.2) is 0 Å². The maximum atomic E-state index is 3.73. The van der Waals surface area contributed by atoms with Gasteiger partial charge in [-0.3, -0.25) is 0 Å². The molecule has 2 bridgehead atoms. The molecule has 2 aromatic carbocycles. The van der Waals surface area contributed by atoms with Crippen molar-refractivity contribution in [3.8, 4) is 11.1 Å².